The van der Waals surface area contributed by atoms with Gasteiger partial charge in [0.05, 0.1) is 19.3 Å². The van der Waals surface area contributed by atoms with Gasteiger partial charge in [-0.2, -0.15) is 0 Å². The lowest BCUT2D eigenvalue weighted by Gasteiger charge is -2.13. The highest BCUT2D eigenvalue weighted by atomic mass is 16.5. The van der Waals surface area contributed by atoms with Crippen LogP contribution in [0.25, 0.3) is 21.9 Å². The minimum atomic E-state index is -0.125. The number of aryl methyl sites for hydroxylation is 1. The molecule has 3 aromatic carbocycles. The maximum absolute atomic E-state index is 12.4. The van der Waals surface area contributed by atoms with Gasteiger partial charge in [-0.25, -0.2) is 0 Å². The molecule has 0 atom stereocenters. The fourth-order valence-electron chi connectivity index (χ4n) is 3.31. The number of anilines is 2. The second kappa shape index (κ2) is 7.27. The van der Waals surface area contributed by atoms with Crippen LogP contribution in [0.1, 0.15) is 11.1 Å². The van der Waals surface area contributed by atoms with Crippen molar-refractivity contribution in [3.05, 3.63) is 65.7 Å². The molecule has 0 aliphatic carbocycles. The number of benzene rings is 3. The van der Waals surface area contributed by atoms with Gasteiger partial charge in [-0.05, 0) is 43.2 Å². The Hall–Kier alpha value is -3.47. The van der Waals surface area contributed by atoms with Crippen molar-refractivity contribution in [2.45, 2.75) is 13.8 Å². The summed E-state index contributed by atoms with van der Waals surface area (Å²) in [5.41, 5.74) is 5.32. The molecule has 2 N–H and O–H groups in total. The van der Waals surface area contributed by atoms with Crippen molar-refractivity contribution in [1.29, 1.82) is 0 Å². The highest BCUT2D eigenvalue weighted by Gasteiger charge is 2.13. The van der Waals surface area contributed by atoms with Gasteiger partial charge >= 0.3 is 0 Å². The third-order valence-electron chi connectivity index (χ3n) is 5.02. The fraction of sp³-hybridized carbons (Fsp3) is 0.174. The van der Waals surface area contributed by atoms with Gasteiger partial charge < -0.3 is 19.8 Å². The Labute approximate surface area is 163 Å². The number of carbonyl (C=O) groups excluding carboxylic acids is 1. The zero-order valence-corrected chi connectivity index (χ0v) is 16.1. The second-order valence-corrected chi connectivity index (χ2v) is 6.80. The summed E-state index contributed by atoms with van der Waals surface area (Å²) in [7, 11) is 1.62. The number of para-hydroxylation sites is 1. The van der Waals surface area contributed by atoms with Gasteiger partial charge in [0.15, 0.2) is 0 Å². The van der Waals surface area contributed by atoms with E-state index >= 15 is 0 Å². The van der Waals surface area contributed by atoms with Gasteiger partial charge in [-0.3, -0.25) is 4.79 Å². The predicted molar refractivity (Wildman–Crippen MR) is 113 cm³/mol. The van der Waals surface area contributed by atoms with Gasteiger partial charge in [0, 0.05) is 22.5 Å². The molecule has 4 rings (SSSR count). The first-order valence-corrected chi connectivity index (χ1v) is 9.16. The SMILES string of the molecule is COc1cc2c(cc1NCC(=O)Nc1cccc(C)c1C)oc1ccccc12. The van der Waals surface area contributed by atoms with Crippen molar-refractivity contribution < 1.29 is 13.9 Å². The highest BCUT2D eigenvalue weighted by molar-refractivity contribution is 6.06. The maximum atomic E-state index is 12.4. The molecule has 1 amide bonds. The van der Waals surface area contributed by atoms with E-state index in [1.807, 2.05) is 68.4 Å². The van der Waals surface area contributed by atoms with Crippen molar-refractivity contribution in [2.24, 2.45) is 0 Å². The van der Waals surface area contributed by atoms with E-state index in [-0.39, 0.29) is 12.5 Å². The third kappa shape index (κ3) is 3.27. The van der Waals surface area contributed by atoms with E-state index in [4.69, 9.17) is 9.15 Å². The molecule has 0 aliphatic rings. The number of nitrogens with one attached hydrogen (secondary N) is 2. The topological polar surface area (TPSA) is 63.5 Å². The fourth-order valence-corrected chi connectivity index (χ4v) is 3.31. The van der Waals surface area contributed by atoms with Gasteiger partial charge in [0.25, 0.3) is 0 Å². The van der Waals surface area contributed by atoms with Crippen LogP contribution in [0.15, 0.2) is 59.0 Å². The van der Waals surface area contributed by atoms with E-state index in [9.17, 15) is 4.79 Å². The lowest BCUT2D eigenvalue weighted by molar-refractivity contribution is -0.114. The number of fused-ring (bicyclic) bond motifs is 3. The Morgan fingerprint density at radius 1 is 0.964 bits per heavy atom. The largest absolute Gasteiger partial charge is 0.495 e. The molecule has 142 valence electrons. The average Bonchev–Trinajstić information content (AvgIpc) is 3.06. The summed E-state index contributed by atoms with van der Waals surface area (Å²) in [6.07, 6.45) is 0. The smallest absolute Gasteiger partial charge is 0.243 e. The summed E-state index contributed by atoms with van der Waals surface area (Å²) >= 11 is 0. The molecule has 0 saturated carbocycles. The molecule has 28 heavy (non-hydrogen) atoms. The Bertz CT molecular complexity index is 1180. The molecule has 5 heteroatoms. The minimum Gasteiger partial charge on any atom is -0.495 e. The van der Waals surface area contributed by atoms with Gasteiger partial charge in [-0.1, -0.05) is 30.3 Å². The summed E-state index contributed by atoms with van der Waals surface area (Å²) in [5.74, 6) is 0.541. The number of methoxy groups -OCH3 is 1. The maximum Gasteiger partial charge on any atom is 0.243 e. The van der Waals surface area contributed by atoms with E-state index in [1.54, 1.807) is 7.11 Å². The van der Waals surface area contributed by atoms with Gasteiger partial charge in [-0.15, -0.1) is 0 Å². The number of amides is 1. The van der Waals surface area contributed by atoms with Crippen molar-refractivity contribution in [1.82, 2.24) is 0 Å². The van der Waals surface area contributed by atoms with Crippen LogP contribution in [0, 0.1) is 13.8 Å². The standard InChI is InChI=1S/C23H22N2O3/c1-14-7-6-9-18(15(14)2)25-23(26)13-24-19-12-21-17(11-22(19)27-3)16-8-4-5-10-20(16)28-21/h4-12,24H,13H2,1-3H3,(H,25,26). The first kappa shape index (κ1) is 17.9. The Morgan fingerprint density at radius 3 is 2.61 bits per heavy atom. The highest BCUT2D eigenvalue weighted by Crippen LogP contribution is 2.36. The van der Waals surface area contributed by atoms with E-state index in [0.29, 0.717) is 11.4 Å². The lowest BCUT2D eigenvalue weighted by atomic mass is 10.1. The number of carbonyl (C=O) groups is 1. The molecule has 1 aromatic heterocycles. The quantitative estimate of drug-likeness (QED) is 0.500. The van der Waals surface area contributed by atoms with Crippen LogP contribution in [-0.2, 0) is 4.79 Å². The van der Waals surface area contributed by atoms with Crippen LogP contribution in [0.5, 0.6) is 5.75 Å². The van der Waals surface area contributed by atoms with Crippen molar-refractivity contribution in [3.8, 4) is 5.75 Å². The monoisotopic (exact) mass is 374 g/mol. The number of rotatable bonds is 5. The predicted octanol–water partition coefficient (Wildman–Crippen LogP) is 5.26. The number of hydrogen-bond acceptors (Lipinski definition) is 4. The molecular formula is C23H22N2O3. The van der Waals surface area contributed by atoms with E-state index in [2.05, 4.69) is 10.6 Å². The zero-order chi connectivity index (χ0) is 19.7. The van der Waals surface area contributed by atoms with E-state index in [1.165, 1.54) is 0 Å². The minimum absolute atomic E-state index is 0.121. The number of hydrogen-bond donors (Lipinski definition) is 2. The Balaban J connectivity index is 1.56. The van der Waals surface area contributed by atoms with E-state index in [0.717, 1.165) is 38.8 Å². The lowest BCUT2D eigenvalue weighted by Crippen LogP contribution is -2.22. The van der Waals surface area contributed by atoms with Gasteiger partial charge in [0.1, 0.15) is 16.9 Å². The molecule has 0 unspecified atom stereocenters. The van der Waals surface area contributed by atoms with Crippen LogP contribution in [0.2, 0.25) is 0 Å². The molecule has 0 saturated heterocycles. The van der Waals surface area contributed by atoms with Crippen molar-refractivity contribution >= 4 is 39.2 Å². The molecule has 1 heterocycles. The molecule has 0 fully saturated rings. The first-order chi connectivity index (χ1) is 13.6. The first-order valence-electron chi connectivity index (χ1n) is 9.16. The molecule has 0 radical (unpaired) electrons. The summed E-state index contributed by atoms with van der Waals surface area (Å²) in [4.78, 5) is 12.4. The zero-order valence-electron chi connectivity index (χ0n) is 16.1. The molecule has 0 aliphatic heterocycles. The number of furan rings is 1. The normalized spacial score (nSPS) is 11.0. The van der Waals surface area contributed by atoms with Crippen LogP contribution < -0.4 is 15.4 Å². The Kier molecular flexibility index (Phi) is 4.65. The summed E-state index contributed by atoms with van der Waals surface area (Å²) < 4.78 is 11.4. The van der Waals surface area contributed by atoms with E-state index < -0.39 is 0 Å². The summed E-state index contributed by atoms with van der Waals surface area (Å²) in [5, 5.41) is 8.13. The third-order valence-corrected chi connectivity index (χ3v) is 5.02. The molecule has 5 nitrogen and oxygen atoms in total. The molecule has 4 aromatic rings. The van der Waals surface area contributed by atoms with Crippen molar-refractivity contribution in [3.63, 3.8) is 0 Å². The van der Waals surface area contributed by atoms with Crippen molar-refractivity contribution in [2.75, 3.05) is 24.3 Å². The number of ether oxygens (including phenoxy) is 1. The summed E-state index contributed by atoms with van der Waals surface area (Å²) in [6, 6.07) is 17.6. The molecule has 0 spiro atoms. The average molecular weight is 374 g/mol. The van der Waals surface area contributed by atoms with Gasteiger partial charge in [0.2, 0.25) is 5.91 Å². The van der Waals surface area contributed by atoms with Crippen LogP contribution >= 0.6 is 0 Å². The molecule has 0 bridgehead atoms. The van der Waals surface area contributed by atoms with Crippen LogP contribution in [0.3, 0.4) is 0 Å². The molecular weight excluding hydrogens is 352 g/mol. The van der Waals surface area contributed by atoms with Crippen LogP contribution in [-0.4, -0.2) is 19.6 Å². The second-order valence-electron chi connectivity index (χ2n) is 6.80. The van der Waals surface area contributed by atoms with Crippen LogP contribution in [0.4, 0.5) is 11.4 Å². The summed E-state index contributed by atoms with van der Waals surface area (Å²) in [6.45, 7) is 4.14. The Morgan fingerprint density at radius 2 is 1.79 bits per heavy atom.